The smallest absolute Gasteiger partial charge is 0.412 e. The van der Waals surface area contributed by atoms with Gasteiger partial charge in [0.25, 0.3) is 5.91 Å². The summed E-state index contributed by atoms with van der Waals surface area (Å²) in [6.45, 7) is 3.54. The Hall–Kier alpha value is -4.20. The number of hydrogen-bond acceptors (Lipinski definition) is 5. The number of aromatic nitrogens is 1. The van der Waals surface area contributed by atoms with Crippen molar-refractivity contribution in [2.24, 2.45) is 0 Å². The number of carbonyl (C=O) groups excluding carboxylic acids is 2. The fourth-order valence-corrected chi connectivity index (χ4v) is 4.43. The zero-order chi connectivity index (χ0) is 25.0. The number of nitrogens with zero attached hydrogens (tertiary/aromatic N) is 1. The van der Waals surface area contributed by atoms with Crippen molar-refractivity contribution >= 4 is 23.8 Å². The number of amides is 2. The molecule has 0 spiro atoms. The number of anilines is 1. The van der Waals surface area contributed by atoms with Crippen LogP contribution in [0.4, 0.5) is 10.6 Å². The molecule has 0 unspecified atom stereocenters. The summed E-state index contributed by atoms with van der Waals surface area (Å²) in [4.78, 5) is 41.1. The van der Waals surface area contributed by atoms with Crippen LogP contribution < -0.4 is 10.6 Å². The summed E-state index contributed by atoms with van der Waals surface area (Å²) in [6, 6.07) is 20.6. The SMILES string of the molecule is CCC(CC)(NC(=O)c1cccc(NC(=O)OCC2c3ccccc3-c3ccccc32)n1)C(=O)O. The molecule has 3 N–H and O–H groups in total. The Morgan fingerprint density at radius 1 is 0.914 bits per heavy atom. The standard InChI is InChI=1S/C27H27N3O5/c1-3-27(4-2,25(32)33)30-24(31)22-14-9-15-23(28-22)29-26(34)35-16-21-19-12-7-5-10-17(19)18-11-6-8-13-20(18)21/h5-15,21H,3-4,16H2,1-2H3,(H,30,31)(H,32,33)(H,28,29,34). The number of fused-ring (bicyclic) bond motifs is 3. The van der Waals surface area contributed by atoms with Crippen LogP contribution in [0.2, 0.25) is 0 Å². The molecule has 35 heavy (non-hydrogen) atoms. The quantitative estimate of drug-likeness (QED) is 0.432. The van der Waals surface area contributed by atoms with E-state index in [9.17, 15) is 19.5 Å². The average Bonchev–Trinajstić information content (AvgIpc) is 3.19. The van der Waals surface area contributed by atoms with Crippen molar-refractivity contribution in [2.75, 3.05) is 11.9 Å². The summed E-state index contributed by atoms with van der Waals surface area (Å²) in [7, 11) is 0. The number of hydrogen-bond donors (Lipinski definition) is 3. The second kappa shape index (κ2) is 9.97. The van der Waals surface area contributed by atoms with Gasteiger partial charge >= 0.3 is 12.1 Å². The topological polar surface area (TPSA) is 118 Å². The Bertz CT molecular complexity index is 1220. The molecule has 1 aromatic heterocycles. The maximum absolute atomic E-state index is 12.7. The number of carboxylic acids is 1. The number of nitrogens with one attached hydrogen (secondary N) is 2. The van der Waals surface area contributed by atoms with E-state index in [1.165, 1.54) is 12.1 Å². The molecule has 0 saturated heterocycles. The first-order valence-corrected chi connectivity index (χ1v) is 11.5. The van der Waals surface area contributed by atoms with Gasteiger partial charge in [0.05, 0.1) is 0 Å². The summed E-state index contributed by atoms with van der Waals surface area (Å²) in [5.74, 6) is -1.69. The number of carbonyl (C=O) groups is 3. The van der Waals surface area contributed by atoms with Gasteiger partial charge in [-0.2, -0.15) is 0 Å². The molecule has 3 aromatic rings. The van der Waals surface area contributed by atoms with Gasteiger partial charge in [0.15, 0.2) is 0 Å². The molecule has 1 aliphatic rings. The third-order valence-corrected chi connectivity index (χ3v) is 6.52. The van der Waals surface area contributed by atoms with Crippen molar-refractivity contribution < 1.29 is 24.2 Å². The predicted molar refractivity (Wildman–Crippen MR) is 131 cm³/mol. The van der Waals surface area contributed by atoms with Crippen molar-refractivity contribution in [1.82, 2.24) is 10.3 Å². The molecule has 8 nitrogen and oxygen atoms in total. The van der Waals surface area contributed by atoms with Crippen molar-refractivity contribution in [1.29, 1.82) is 0 Å². The molecule has 8 heteroatoms. The van der Waals surface area contributed by atoms with Gasteiger partial charge in [-0.1, -0.05) is 68.4 Å². The minimum Gasteiger partial charge on any atom is -0.480 e. The molecule has 0 fully saturated rings. The summed E-state index contributed by atoms with van der Waals surface area (Å²) < 4.78 is 5.52. The lowest BCUT2D eigenvalue weighted by Crippen LogP contribution is -2.53. The van der Waals surface area contributed by atoms with E-state index in [-0.39, 0.29) is 36.9 Å². The Morgan fingerprint density at radius 2 is 1.51 bits per heavy atom. The lowest BCUT2D eigenvalue weighted by Gasteiger charge is -2.27. The average molecular weight is 474 g/mol. The first-order valence-electron chi connectivity index (χ1n) is 11.5. The van der Waals surface area contributed by atoms with Gasteiger partial charge in [0.1, 0.15) is 23.7 Å². The van der Waals surface area contributed by atoms with Crippen LogP contribution in [0, 0.1) is 0 Å². The number of pyridine rings is 1. The molecule has 0 aliphatic heterocycles. The highest BCUT2D eigenvalue weighted by Crippen LogP contribution is 2.44. The highest BCUT2D eigenvalue weighted by Gasteiger charge is 2.37. The van der Waals surface area contributed by atoms with Crippen molar-refractivity contribution in [2.45, 2.75) is 38.1 Å². The van der Waals surface area contributed by atoms with Crippen LogP contribution in [-0.4, -0.2) is 40.2 Å². The Balaban J connectivity index is 1.42. The molecular weight excluding hydrogens is 446 g/mol. The van der Waals surface area contributed by atoms with Crippen LogP contribution in [0.5, 0.6) is 0 Å². The summed E-state index contributed by atoms with van der Waals surface area (Å²) in [6.07, 6.45) is -0.247. The Kier molecular flexibility index (Phi) is 6.82. The monoisotopic (exact) mass is 473 g/mol. The fourth-order valence-electron chi connectivity index (χ4n) is 4.43. The van der Waals surface area contributed by atoms with Crippen molar-refractivity contribution in [3.8, 4) is 11.1 Å². The molecule has 2 aromatic carbocycles. The molecular formula is C27H27N3O5. The molecule has 1 heterocycles. The van der Waals surface area contributed by atoms with Crippen LogP contribution in [-0.2, 0) is 9.53 Å². The Morgan fingerprint density at radius 3 is 2.09 bits per heavy atom. The summed E-state index contributed by atoms with van der Waals surface area (Å²) in [5.41, 5.74) is 3.09. The van der Waals surface area contributed by atoms with Crippen molar-refractivity contribution in [3.05, 3.63) is 83.6 Å². The van der Waals surface area contributed by atoms with Gasteiger partial charge in [-0.3, -0.25) is 10.1 Å². The molecule has 180 valence electrons. The molecule has 0 bridgehead atoms. The van der Waals surface area contributed by atoms with E-state index in [0.717, 1.165) is 22.3 Å². The minimum atomic E-state index is -1.38. The zero-order valence-corrected chi connectivity index (χ0v) is 19.6. The van der Waals surface area contributed by atoms with Gasteiger partial charge < -0.3 is 15.2 Å². The van der Waals surface area contributed by atoms with E-state index in [4.69, 9.17) is 4.74 Å². The van der Waals surface area contributed by atoms with Gasteiger partial charge in [0.2, 0.25) is 0 Å². The second-order valence-corrected chi connectivity index (χ2v) is 8.41. The Labute approximate surface area is 203 Å². The fraction of sp³-hybridized carbons (Fsp3) is 0.259. The number of aliphatic carboxylic acids is 1. The third-order valence-electron chi connectivity index (χ3n) is 6.52. The number of carboxylic acid groups (broad SMARTS) is 1. The normalized spacial score (nSPS) is 12.4. The van der Waals surface area contributed by atoms with Crippen LogP contribution in [0.1, 0.15) is 54.2 Å². The van der Waals surface area contributed by atoms with Gasteiger partial charge in [-0.15, -0.1) is 0 Å². The van der Waals surface area contributed by atoms with Gasteiger partial charge in [0, 0.05) is 5.92 Å². The number of rotatable bonds is 8. The van der Waals surface area contributed by atoms with E-state index in [2.05, 4.69) is 27.8 Å². The zero-order valence-electron chi connectivity index (χ0n) is 19.6. The van der Waals surface area contributed by atoms with E-state index < -0.39 is 23.5 Å². The highest BCUT2D eigenvalue weighted by molar-refractivity contribution is 5.97. The van der Waals surface area contributed by atoms with Gasteiger partial charge in [-0.25, -0.2) is 14.6 Å². The van der Waals surface area contributed by atoms with Crippen molar-refractivity contribution in [3.63, 3.8) is 0 Å². The lowest BCUT2D eigenvalue weighted by molar-refractivity contribution is -0.144. The van der Waals surface area contributed by atoms with Crippen LogP contribution in [0.25, 0.3) is 11.1 Å². The first-order chi connectivity index (χ1) is 16.9. The maximum Gasteiger partial charge on any atom is 0.412 e. The van der Waals surface area contributed by atoms with E-state index in [0.29, 0.717) is 0 Å². The largest absolute Gasteiger partial charge is 0.480 e. The van der Waals surface area contributed by atoms with Crippen LogP contribution in [0.3, 0.4) is 0 Å². The number of benzene rings is 2. The lowest BCUT2D eigenvalue weighted by atomic mass is 9.93. The predicted octanol–water partition coefficient (Wildman–Crippen LogP) is 4.82. The summed E-state index contributed by atoms with van der Waals surface area (Å²) >= 11 is 0. The molecule has 1 aliphatic carbocycles. The molecule has 0 saturated carbocycles. The first kappa shape index (κ1) is 23.9. The minimum absolute atomic E-state index is 0.00558. The highest BCUT2D eigenvalue weighted by atomic mass is 16.5. The number of ether oxygens (including phenoxy) is 1. The van der Waals surface area contributed by atoms with E-state index in [1.807, 2.05) is 36.4 Å². The molecule has 4 rings (SSSR count). The van der Waals surface area contributed by atoms with E-state index >= 15 is 0 Å². The van der Waals surface area contributed by atoms with E-state index in [1.54, 1.807) is 19.9 Å². The maximum atomic E-state index is 12.7. The molecule has 0 radical (unpaired) electrons. The third kappa shape index (κ3) is 4.73. The van der Waals surface area contributed by atoms with Gasteiger partial charge in [-0.05, 0) is 47.2 Å². The second-order valence-electron chi connectivity index (χ2n) is 8.41. The van der Waals surface area contributed by atoms with Crippen LogP contribution >= 0.6 is 0 Å². The van der Waals surface area contributed by atoms with Crippen LogP contribution in [0.15, 0.2) is 66.7 Å². The summed E-state index contributed by atoms with van der Waals surface area (Å²) in [5, 5.41) is 14.7. The molecule has 0 atom stereocenters. The molecule has 2 amide bonds.